The van der Waals surface area contributed by atoms with Gasteiger partial charge < -0.3 is 10.2 Å². The average molecular weight is 392 g/mol. The summed E-state index contributed by atoms with van der Waals surface area (Å²) in [4.78, 5) is 29.1. The fraction of sp³-hybridized carbons (Fsp3) is 0.417. The van der Waals surface area contributed by atoms with E-state index < -0.39 is 0 Å². The van der Waals surface area contributed by atoms with Crippen LogP contribution in [0.3, 0.4) is 0 Å². The number of nitrogens with zero attached hydrogens (tertiary/aromatic N) is 2. The highest BCUT2D eigenvalue weighted by Gasteiger charge is 2.32. The molecule has 0 bridgehead atoms. The maximum Gasteiger partial charge on any atom is 0.251 e. The second kappa shape index (κ2) is 9.23. The molecule has 2 heterocycles. The molecule has 1 atom stereocenters. The highest BCUT2D eigenvalue weighted by molar-refractivity contribution is 5.96. The highest BCUT2D eigenvalue weighted by Crippen LogP contribution is 2.30. The van der Waals surface area contributed by atoms with Gasteiger partial charge in [0.1, 0.15) is 0 Å². The number of amides is 2. The first-order valence-corrected chi connectivity index (χ1v) is 10.6. The SMILES string of the molecule is O=C(NCC(=O)N1CCC(N2CCC(c3ccccc3)CC2)C1)c1ccccc1. The summed E-state index contributed by atoms with van der Waals surface area (Å²) in [6.45, 7) is 3.81. The lowest BCUT2D eigenvalue weighted by molar-refractivity contribution is -0.129. The van der Waals surface area contributed by atoms with Gasteiger partial charge in [-0.2, -0.15) is 0 Å². The molecular formula is C24H29N3O2. The molecule has 2 fully saturated rings. The molecule has 29 heavy (non-hydrogen) atoms. The molecule has 0 saturated carbocycles. The molecular weight excluding hydrogens is 362 g/mol. The number of benzene rings is 2. The fourth-order valence-corrected chi connectivity index (χ4v) is 4.55. The highest BCUT2D eigenvalue weighted by atomic mass is 16.2. The fourth-order valence-electron chi connectivity index (χ4n) is 4.55. The van der Waals surface area contributed by atoms with E-state index in [0.717, 1.165) is 32.6 Å². The van der Waals surface area contributed by atoms with E-state index >= 15 is 0 Å². The van der Waals surface area contributed by atoms with Gasteiger partial charge >= 0.3 is 0 Å². The number of nitrogens with one attached hydrogen (secondary N) is 1. The molecule has 2 aromatic rings. The Morgan fingerprint density at radius 1 is 0.862 bits per heavy atom. The standard InChI is InChI=1S/C24H29N3O2/c28-23(17-25-24(29)21-9-5-2-6-10-21)27-16-13-22(18-27)26-14-11-20(12-15-26)19-7-3-1-4-8-19/h1-10,20,22H,11-18H2,(H,25,29). The zero-order valence-corrected chi connectivity index (χ0v) is 16.8. The van der Waals surface area contributed by atoms with Crippen molar-refractivity contribution in [3.8, 4) is 0 Å². The summed E-state index contributed by atoms with van der Waals surface area (Å²) < 4.78 is 0. The van der Waals surface area contributed by atoms with Gasteiger partial charge in [-0.15, -0.1) is 0 Å². The molecule has 1 N–H and O–H groups in total. The first kappa shape index (κ1) is 19.6. The molecule has 0 radical (unpaired) electrons. The second-order valence-corrected chi connectivity index (χ2v) is 8.05. The zero-order chi connectivity index (χ0) is 20.1. The van der Waals surface area contributed by atoms with Crippen LogP contribution in [0.15, 0.2) is 60.7 Å². The molecule has 5 nitrogen and oxygen atoms in total. The van der Waals surface area contributed by atoms with E-state index in [9.17, 15) is 9.59 Å². The summed E-state index contributed by atoms with van der Waals surface area (Å²) in [6.07, 6.45) is 3.39. The van der Waals surface area contributed by atoms with Gasteiger partial charge in [0.25, 0.3) is 5.91 Å². The van der Waals surface area contributed by atoms with Crippen LogP contribution in [0.2, 0.25) is 0 Å². The van der Waals surface area contributed by atoms with Gasteiger partial charge in [-0.05, 0) is 56.0 Å². The van der Waals surface area contributed by atoms with Crippen molar-refractivity contribution in [2.75, 3.05) is 32.7 Å². The molecule has 5 heteroatoms. The quantitative estimate of drug-likeness (QED) is 0.853. The van der Waals surface area contributed by atoms with Crippen LogP contribution in [0.25, 0.3) is 0 Å². The number of carbonyl (C=O) groups is 2. The molecule has 0 spiro atoms. The van der Waals surface area contributed by atoms with Crippen LogP contribution in [0.5, 0.6) is 0 Å². The van der Waals surface area contributed by atoms with Gasteiger partial charge in [0.05, 0.1) is 6.54 Å². The van der Waals surface area contributed by atoms with Gasteiger partial charge in [-0.3, -0.25) is 14.5 Å². The summed E-state index contributed by atoms with van der Waals surface area (Å²) in [7, 11) is 0. The number of likely N-dealkylation sites (tertiary alicyclic amines) is 2. The Morgan fingerprint density at radius 3 is 2.21 bits per heavy atom. The monoisotopic (exact) mass is 391 g/mol. The van der Waals surface area contributed by atoms with Gasteiger partial charge in [0.15, 0.2) is 0 Å². The van der Waals surface area contributed by atoms with E-state index in [2.05, 4.69) is 40.5 Å². The van der Waals surface area contributed by atoms with E-state index in [0.29, 0.717) is 17.5 Å². The molecule has 0 aliphatic carbocycles. The lowest BCUT2D eigenvalue weighted by atomic mass is 9.89. The average Bonchev–Trinajstić information content (AvgIpc) is 3.29. The van der Waals surface area contributed by atoms with Crippen molar-refractivity contribution in [3.05, 3.63) is 71.8 Å². The predicted octanol–water partition coefficient (Wildman–Crippen LogP) is 2.90. The molecule has 2 aromatic carbocycles. The van der Waals surface area contributed by atoms with E-state index in [1.54, 1.807) is 12.1 Å². The topological polar surface area (TPSA) is 52.7 Å². The minimum atomic E-state index is -0.197. The molecule has 1 unspecified atom stereocenters. The van der Waals surface area contributed by atoms with Crippen LogP contribution in [0.1, 0.15) is 41.1 Å². The Labute approximate surface area is 172 Å². The van der Waals surface area contributed by atoms with Gasteiger partial charge in [0.2, 0.25) is 5.91 Å². The molecule has 0 aromatic heterocycles. The van der Waals surface area contributed by atoms with E-state index in [-0.39, 0.29) is 18.4 Å². The van der Waals surface area contributed by atoms with Crippen molar-refractivity contribution in [1.29, 1.82) is 0 Å². The number of rotatable bonds is 5. The number of carbonyl (C=O) groups excluding carboxylic acids is 2. The van der Waals surface area contributed by atoms with Crippen LogP contribution in [0, 0.1) is 0 Å². The van der Waals surface area contributed by atoms with E-state index in [1.807, 2.05) is 23.1 Å². The van der Waals surface area contributed by atoms with Gasteiger partial charge in [-0.25, -0.2) is 0 Å². The smallest absolute Gasteiger partial charge is 0.251 e. The molecule has 2 saturated heterocycles. The molecule has 2 aliphatic rings. The predicted molar refractivity (Wildman–Crippen MR) is 114 cm³/mol. The first-order valence-electron chi connectivity index (χ1n) is 10.6. The van der Waals surface area contributed by atoms with Gasteiger partial charge in [0, 0.05) is 24.7 Å². The second-order valence-electron chi connectivity index (χ2n) is 8.05. The van der Waals surface area contributed by atoms with Gasteiger partial charge in [-0.1, -0.05) is 48.5 Å². The summed E-state index contributed by atoms with van der Waals surface area (Å²) in [5, 5.41) is 2.75. The maximum absolute atomic E-state index is 12.5. The lowest BCUT2D eigenvalue weighted by Gasteiger charge is -2.36. The van der Waals surface area contributed by atoms with Crippen LogP contribution in [-0.4, -0.2) is 60.4 Å². The van der Waals surface area contributed by atoms with Crippen molar-refractivity contribution in [3.63, 3.8) is 0 Å². The van der Waals surface area contributed by atoms with Crippen LogP contribution < -0.4 is 5.32 Å². The third-order valence-electron chi connectivity index (χ3n) is 6.27. The zero-order valence-electron chi connectivity index (χ0n) is 16.8. The van der Waals surface area contributed by atoms with Crippen LogP contribution in [0.4, 0.5) is 0 Å². The molecule has 4 rings (SSSR count). The molecule has 152 valence electrons. The van der Waals surface area contributed by atoms with Crippen molar-refractivity contribution >= 4 is 11.8 Å². The number of hydrogen-bond donors (Lipinski definition) is 1. The lowest BCUT2D eigenvalue weighted by Crippen LogP contribution is -2.44. The Bertz CT molecular complexity index is 817. The van der Waals surface area contributed by atoms with E-state index in [4.69, 9.17) is 0 Å². The van der Waals surface area contributed by atoms with Crippen molar-refractivity contribution < 1.29 is 9.59 Å². The summed E-state index contributed by atoms with van der Waals surface area (Å²) in [5.41, 5.74) is 2.03. The Hall–Kier alpha value is -2.66. The molecule has 2 amide bonds. The third-order valence-corrected chi connectivity index (χ3v) is 6.27. The Kier molecular flexibility index (Phi) is 6.25. The Balaban J connectivity index is 1.22. The summed E-state index contributed by atoms with van der Waals surface area (Å²) >= 11 is 0. The normalized spacial score (nSPS) is 20.6. The van der Waals surface area contributed by atoms with Crippen molar-refractivity contribution in [2.24, 2.45) is 0 Å². The number of hydrogen-bond acceptors (Lipinski definition) is 3. The first-order chi connectivity index (χ1) is 14.2. The third kappa shape index (κ3) is 4.85. The largest absolute Gasteiger partial charge is 0.343 e. The minimum Gasteiger partial charge on any atom is -0.343 e. The Morgan fingerprint density at radius 2 is 1.52 bits per heavy atom. The van der Waals surface area contributed by atoms with E-state index in [1.165, 1.54) is 18.4 Å². The number of piperidine rings is 1. The summed E-state index contributed by atoms with van der Waals surface area (Å²) in [5.74, 6) is 0.466. The molecule has 2 aliphatic heterocycles. The summed E-state index contributed by atoms with van der Waals surface area (Å²) in [6, 6.07) is 20.3. The van der Waals surface area contributed by atoms with Crippen LogP contribution >= 0.6 is 0 Å². The minimum absolute atomic E-state index is 0.0101. The van der Waals surface area contributed by atoms with Crippen molar-refractivity contribution in [2.45, 2.75) is 31.2 Å². The maximum atomic E-state index is 12.5. The van der Waals surface area contributed by atoms with Crippen LogP contribution in [-0.2, 0) is 4.79 Å². The van der Waals surface area contributed by atoms with Crippen molar-refractivity contribution in [1.82, 2.24) is 15.1 Å².